The van der Waals surface area contributed by atoms with Crippen LogP contribution in [0.25, 0.3) is 10.2 Å². The number of para-hydroxylation sites is 1. The minimum Gasteiger partial charge on any atom is -0.454 e. The van der Waals surface area contributed by atoms with Crippen molar-refractivity contribution in [3.8, 4) is 11.5 Å². The van der Waals surface area contributed by atoms with E-state index < -0.39 is 0 Å². The number of ether oxygens (including phenoxy) is 2. The lowest BCUT2D eigenvalue weighted by atomic mass is 9.98. The topological polar surface area (TPSA) is 46.6 Å². The number of piperidine rings is 1. The van der Waals surface area contributed by atoms with Gasteiger partial charge in [-0.2, -0.15) is 0 Å². The highest BCUT2D eigenvalue weighted by Gasteiger charge is 2.24. The second kappa shape index (κ2) is 7.56. The van der Waals surface area contributed by atoms with E-state index in [1.165, 1.54) is 9.71 Å². The maximum absolute atomic E-state index is 5.63. The van der Waals surface area contributed by atoms with Gasteiger partial charge < -0.3 is 19.7 Å². The standard InChI is InChI=1S/C21H21N3O2S2/c27-21(22-12-14-5-6-17-18(11-14)26-13-25-17)24-9-7-15(8-10-24)20-23-16-3-1-2-4-19(16)28-20/h1-6,11,15H,7-10,12-13H2,(H,22,27). The highest BCUT2D eigenvalue weighted by molar-refractivity contribution is 7.80. The Morgan fingerprint density at radius 2 is 1.96 bits per heavy atom. The minimum atomic E-state index is 0.300. The molecule has 5 rings (SSSR count). The summed E-state index contributed by atoms with van der Waals surface area (Å²) in [5, 5.41) is 5.47. The van der Waals surface area contributed by atoms with Crippen LogP contribution in [0.2, 0.25) is 0 Å². The molecule has 5 nitrogen and oxygen atoms in total. The van der Waals surface area contributed by atoms with Crippen molar-refractivity contribution in [3.05, 3.63) is 53.0 Å². The molecular weight excluding hydrogens is 390 g/mol. The molecule has 7 heteroatoms. The number of benzene rings is 2. The van der Waals surface area contributed by atoms with Crippen LogP contribution in [0.15, 0.2) is 42.5 Å². The Kier molecular flexibility index (Phi) is 4.78. The number of hydrogen-bond donors (Lipinski definition) is 1. The molecule has 2 aliphatic heterocycles. The Hall–Kier alpha value is -2.38. The van der Waals surface area contributed by atoms with Gasteiger partial charge in [0.1, 0.15) is 0 Å². The highest BCUT2D eigenvalue weighted by atomic mass is 32.1. The van der Waals surface area contributed by atoms with Gasteiger partial charge in [0, 0.05) is 25.6 Å². The summed E-state index contributed by atoms with van der Waals surface area (Å²) in [5.41, 5.74) is 2.25. The first-order valence-corrected chi connectivity index (χ1v) is 10.8. The van der Waals surface area contributed by atoms with Crippen LogP contribution < -0.4 is 14.8 Å². The Balaban J connectivity index is 1.15. The predicted octanol–water partition coefficient (Wildman–Crippen LogP) is 4.28. The van der Waals surface area contributed by atoms with Crippen molar-refractivity contribution in [3.63, 3.8) is 0 Å². The molecule has 3 heterocycles. The molecule has 0 radical (unpaired) electrons. The van der Waals surface area contributed by atoms with E-state index in [-0.39, 0.29) is 0 Å². The van der Waals surface area contributed by atoms with Crippen LogP contribution in [0, 0.1) is 0 Å². The Morgan fingerprint density at radius 3 is 2.82 bits per heavy atom. The second-order valence-corrected chi connectivity index (χ2v) is 8.58. The molecule has 0 amide bonds. The van der Waals surface area contributed by atoms with Crippen LogP contribution in [-0.2, 0) is 6.54 Å². The normalized spacial score (nSPS) is 16.5. The largest absolute Gasteiger partial charge is 0.454 e. The SMILES string of the molecule is S=C(NCc1ccc2c(c1)OCO2)N1CCC(c2nc3ccccc3s2)CC1. The Morgan fingerprint density at radius 1 is 1.14 bits per heavy atom. The fourth-order valence-corrected chi connectivity index (χ4v) is 5.13. The molecule has 0 spiro atoms. The molecule has 1 saturated heterocycles. The number of rotatable bonds is 3. The average Bonchev–Trinajstić information content (AvgIpc) is 3.38. The van der Waals surface area contributed by atoms with Crippen LogP contribution in [0.3, 0.4) is 0 Å². The monoisotopic (exact) mass is 411 g/mol. The molecule has 0 unspecified atom stereocenters. The van der Waals surface area contributed by atoms with Gasteiger partial charge >= 0.3 is 0 Å². The quantitative estimate of drug-likeness (QED) is 0.649. The van der Waals surface area contributed by atoms with Gasteiger partial charge in [0.05, 0.1) is 15.2 Å². The minimum absolute atomic E-state index is 0.300. The van der Waals surface area contributed by atoms with Crippen molar-refractivity contribution in [1.29, 1.82) is 0 Å². The fraction of sp³-hybridized carbons (Fsp3) is 0.333. The van der Waals surface area contributed by atoms with E-state index in [4.69, 9.17) is 26.7 Å². The zero-order chi connectivity index (χ0) is 18.9. The number of fused-ring (bicyclic) bond motifs is 2. The van der Waals surface area contributed by atoms with Crippen molar-refractivity contribution in [2.45, 2.75) is 25.3 Å². The third-order valence-electron chi connectivity index (χ3n) is 5.32. The third-order valence-corrected chi connectivity index (χ3v) is 6.92. The van der Waals surface area contributed by atoms with Gasteiger partial charge in [0.25, 0.3) is 0 Å². The molecule has 0 aliphatic carbocycles. The summed E-state index contributed by atoms with van der Waals surface area (Å²) in [6, 6.07) is 14.4. The zero-order valence-corrected chi connectivity index (χ0v) is 17.0. The van der Waals surface area contributed by atoms with Crippen LogP contribution in [0.4, 0.5) is 0 Å². The summed E-state index contributed by atoms with van der Waals surface area (Å²) < 4.78 is 12.1. The van der Waals surface area contributed by atoms with Crippen molar-refractivity contribution in [2.24, 2.45) is 0 Å². The number of nitrogens with one attached hydrogen (secondary N) is 1. The number of likely N-dealkylation sites (tertiary alicyclic amines) is 1. The maximum atomic E-state index is 5.63. The van der Waals surface area contributed by atoms with E-state index in [1.54, 1.807) is 0 Å². The van der Waals surface area contributed by atoms with Crippen LogP contribution in [-0.4, -0.2) is 34.9 Å². The molecule has 3 aromatic rings. The number of hydrogen-bond acceptors (Lipinski definition) is 5. The Bertz CT molecular complexity index is 979. The summed E-state index contributed by atoms with van der Waals surface area (Å²) in [4.78, 5) is 7.11. The molecule has 1 aromatic heterocycles. The molecule has 0 saturated carbocycles. The molecule has 144 valence electrons. The van der Waals surface area contributed by atoms with Gasteiger partial charge in [-0.15, -0.1) is 11.3 Å². The molecule has 0 atom stereocenters. The van der Waals surface area contributed by atoms with Crippen molar-refractivity contribution >= 4 is 38.9 Å². The summed E-state index contributed by atoms with van der Waals surface area (Å²) in [6.45, 7) is 2.92. The maximum Gasteiger partial charge on any atom is 0.231 e. The highest BCUT2D eigenvalue weighted by Crippen LogP contribution is 2.34. The molecular formula is C21H21N3O2S2. The van der Waals surface area contributed by atoms with Gasteiger partial charge in [-0.25, -0.2) is 4.98 Å². The molecule has 1 fully saturated rings. The van der Waals surface area contributed by atoms with Crippen molar-refractivity contribution in [2.75, 3.05) is 19.9 Å². The molecule has 0 bridgehead atoms. The number of thiazole rings is 1. The van der Waals surface area contributed by atoms with Gasteiger partial charge in [-0.3, -0.25) is 0 Å². The zero-order valence-electron chi connectivity index (χ0n) is 15.4. The van der Waals surface area contributed by atoms with Crippen LogP contribution in [0.5, 0.6) is 11.5 Å². The number of thiocarbonyl (C=S) groups is 1. The number of aromatic nitrogens is 1. The van der Waals surface area contributed by atoms with Crippen LogP contribution >= 0.6 is 23.6 Å². The molecule has 2 aliphatic rings. The van der Waals surface area contributed by atoms with Crippen LogP contribution in [0.1, 0.15) is 29.3 Å². The first-order chi connectivity index (χ1) is 13.8. The summed E-state index contributed by atoms with van der Waals surface area (Å²) in [7, 11) is 0. The van der Waals surface area contributed by atoms with Crippen molar-refractivity contribution < 1.29 is 9.47 Å². The van der Waals surface area contributed by atoms with E-state index in [9.17, 15) is 0 Å². The van der Waals surface area contributed by atoms with E-state index in [0.717, 1.165) is 53.6 Å². The average molecular weight is 412 g/mol. The lowest BCUT2D eigenvalue weighted by Crippen LogP contribution is -2.43. The van der Waals surface area contributed by atoms with E-state index in [1.807, 2.05) is 29.5 Å². The van der Waals surface area contributed by atoms with Gasteiger partial charge in [0.15, 0.2) is 16.6 Å². The lowest BCUT2D eigenvalue weighted by molar-refractivity contribution is 0.174. The lowest BCUT2D eigenvalue weighted by Gasteiger charge is -2.33. The second-order valence-electron chi connectivity index (χ2n) is 7.13. The smallest absolute Gasteiger partial charge is 0.231 e. The predicted molar refractivity (Wildman–Crippen MR) is 115 cm³/mol. The van der Waals surface area contributed by atoms with E-state index in [2.05, 4.69) is 34.5 Å². The summed E-state index contributed by atoms with van der Waals surface area (Å²) in [6.07, 6.45) is 2.18. The van der Waals surface area contributed by atoms with Gasteiger partial charge in [0.2, 0.25) is 6.79 Å². The Labute approximate surface area is 173 Å². The molecule has 1 N–H and O–H groups in total. The summed E-state index contributed by atoms with van der Waals surface area (Å²) in [5.74, 6) is 2.15. The van der Waals surface area contributed by atoms with Gasteiger partial charge in [-0.05, 0) is 54.9 Å². The molecule has 28 heavy (non-hydrogen) atoms. The first kappa shape index (κ1) is 17.7. The van der Waals surface area contributed by atoms with Gasteiger partial charge in [-0.1, -0.05) is 18.2 Å². The van der Waals surface area contributed by atoms with Crippen molar-refractivity contribution in [1.82, 2.24) is 15.2 Å². The summed E-state index contributed by atoms with van der Waals surface area (Å²) >= 11 is 7.46. The van der Waals surface area contributed by atoms with E-state index in [0.29, 0.717) is 19.3 Å². The molecule has 2 aromatic carbocycles. The third kappa shape index (κ3) is 3.52. The van der Waals surface area contributed by atoms with E-state index >= 15 is 0 Å². The fourth-order valence-electron chi connectivity index (χ4n) is 3.73. The first-order valence-electron chi connectivity index (χ1n) is 9.53. The number of nitrogens with zero attached hydrogens (tertiary/aromatic N) is 2.